The van der Waals surface area contributed by atoms with Crippen molar-refractivity contribution in [1.29, 1.82) is 0 Å². The van der Waals surface area contributed by atoms with E-state index in [1.165, 1.54) is 0 Å². The maximum absolute atomic E-state index is 11.5. The molecule has 1 N–H and O–H groups in total. The maximum Gasteiger partial charge on any atom is 0.336 e. The third-order valence-electron chi connectivity index (χ3n) is 3.33. The van der Waals surface area contributed by atoms with Crippen molar-refractivity contribution in [2.75, 3.05) is 0 Å². The third-order valence-corrected chi connectivity index (χ3v) is 3.97. The molecule has 1 aromatic heterocycles. The number of aromatic carboxylic acids is 1. The van der Waals surface area contributed by atoms with Crippen molar-refractivity contribution in [3.05, 3.63) is 64.1 Å². The Balaban J connectivity index is 2.35. The molecular formula is C17H12BrNO2. The molecule has 3 aromatic rings. The lowest BCUT2D eigenvalue weighted by molar-refractivity contribution is 0.0699. The molecule has 3 nitrogen and oxygen atoms in total. The van der Waals surface area contributed by atoms with Crippen LogP contribution in [-0.2, 0) is 0 Å². The number of aryl methyl sites for hydroxylation is 1. The SMILES string of the molecule is Cc1cccc(-c2cc(C(=O)O)c3cccc(Br)c3n2)c1. The highest BCUT2D eigenvalue weighted by Gasteiger charge is 2.14. The molecule has 4 heteroatoms. The first-order valence-corrected chi connectivity index (χ1v) is 7.25. The van der Waals surface area contributed by atoms with Gasteiger partial charge in [0, 0.05) is 15.4 Å². The van der Waals surface area contributed by atoms with Crippen molar-refractivity contribution >= 4 is 32.8 Å². The van der Waals surface area contributed by atoms with Crippen molar-refractivity contribution in [2.45, 2.75) is 6.92 Å². The van der Waals surface area contributed by atoms with Crippen LogP contribution in [0.5, 0.6) is 0 Å². The molecule has 0 aliphatic heterocycles. The van der Waals surface area contributed by atoms with Gasteiger partial charge in [-0.2, -0.15) is 0 Å². The van der Waals surface area contributed by atoms with Gasteiger partial charge in [0.1, 0.15) is 0 Å². The summed E-state index contributed by atoms with van der Waals surface area (Å²) < 4.78 is 0.789. The van der Waals surface area contributed by atoms with Crippen molar-refractivity contribution in [2.24, 2.45) is 0 Å². The number of benzene rings is 2. The summed E-state index contributed by atoms with van der Waals surface area (Å²) in [5.41, 5.74) is 3.61. The van der Waals surface area contributed by atoms with E-state index in [2.05, 4.69) is 20.9 Å². The highest BCUT2D eigenvalue weighted by atomic mass is 79.9. The molecule has 0 unspecified atom stereocenters. The van der Waals surface area contributed by atoms with Gasteiger partial charge in [-0.15, -0.1) is 0 Å². The lowest BCUT2D eigenvalue weighted by atomic mass is 10.0. The molecule has 0 amide bonds. The molecule has 0 saturated carbocycles. The lowest BCUT2D eigenvalue weighted by Gasteiger charge is -2.09. The van der Waals surface area contributed by atoms with E-state index in [1.807, 2.05) is 43.3 Å². The number of rotatable bonds is 2. The second-order valence-corrected chi connectivity index (χ2v) is 5.72. The summed E-state index contributed by atoms with van der Waals surface area (Å²) in [6.45, 7) is 2.00. The van der Waals surface area contributed by atoms with Gasteiger partial charge in [0.25, 0.3) is 0 Å². The van der Waals surface area contributed by atoms with Crippen LogP contribution in [0.4, 0.5) is 0 Å². The summed E-state index contributed by atoms with van der Waals surface area (Å²) in [5.74, 6) is -0.950. The Kier molecular flexibility index (Phi) is 3.47. The van der Waals surface area contributed by atoms with Crippen LogP contribution in [0.25, 0.3) is 22.2 Å². The fourth-order valence-electron chi connectivity index (χ4n) is 2.34. The van der Waals surface area contributed by atoms with Gasteiger partial charge in [-0.3, -0.25) is 0 Å². The second-order valence-electron chi connectivity index (χ2n) is 4.87. The molecule has 0 bridgehead atoms. The molecule has 2 aromatic carbocycles. The smallest absolute Gasteiger partial charge is 0.336 e. The van der Waals surface area contributed by atoms with Crippen LogP contribution >= 0.6 is 15.9 Å². The number of hydrogen-bond acceptors (Lipinski definition) is 2. The van der Waals surface area contributed by atoms with Crippen molar-refractivity contribution in [3.8, 4) is 11.3 Å². The van der Waals surface area contributed by atoms with E-state index in [0.717, 1.165) is 15.6 Å². The Labute approximate surface area is 130 Å². The number of para-hydroxylation sites is 1. The number of carboxylic acids is 1. The number of fused-ring (bicyclic) bond motifs is 1. The summed E-state index contributed by atoms with van der Waals surface area (Å²) in [6, 6.07) is 15.0. The minimum Gasteiger partial charge on any atom is -0.478 e. The van der Waals surface area contributed by atoms with E-state index >= 15 is 0 Å². The Hall–Kier alpha value is -2.20. The van der Waals surface area contributed by atoms with Crippen LogP contribution < -0.4 is 0 Å². The summed E-state index contributed by atoms with van der Waals surface area (Å²) in [4.78, 5) is 16.2. The average molecular weight is 342 g/mol. The summed E-state index contributed by atoms with van der Waals surface area (Å²) in [5, 5.41) is 10.1. The first-order valence-electron chi connectivity index (χ1n) is 6.46. The molecule has 104 valence electrons. The van der Waals surface area contributed by atoms with E-state index in [0.29, 0.717) is 16.6 Å². The molecule has 0 aliphatic rings. The molecule has 0 radical (unpaired) electrons. The number of carboxylic acid groups (broad SMARTS) is 1. The van der Waals surface area contributed by atoms with Crippen LogP contribution in [-0.4, -0.2) is 16.1 Å². The number of nitrogens with zero attached hydrogens (tertiary/aromatic N) is 1. The van der Waals surface area contributed by atoms with Gasteiger partial charge < -0.3 is 5.11 Å². The van der Waals surface area contributed by atoms with Gasteiger partial charge in [-0.05, 0) is 41.1 Å². The molecule has 1 heterocycles. The zero-order chi connectivity index (χ0) is 15.0. The molecule has 0 saturated heterocycles. The summed E-state index contributed by atoms with van der Waals surface area (Å²) >= 11 is 3.45. The van der Waals surface area contributed by atoms with Gasteiger partial charge in [0.2, 0.25) is 0 Å². The van der Waals surface area contributed by atoms with E-state index < -0.39 is 5.97 Å². The Morgan fingerprint density at radius 3 is 2.62 bits per heavy atom. The first kappa shape index (κ1) is 13.8. The lowest BCUT2D eigenvalue weighted by Crippen LogP contribution is -2.00. The van der Waals surface area contributed by atoms with Gasteiger partial charge in [-0.1, -0.05) is 35.9 Å². The Morgan fingerprint density at radius 1 is 1.14 bits per heavy atom. The second kappa shape index (κ2) is 5.30. The Bertz CT molecular complexity index is 859. The zero-order valence-corrected chi connectivity index (χ0v) is 12.9. The predicted molar refractivity (Wildman–Crippen MR) is 86.6 cm³/mol. The fraction of sp³-hybridized carbons (Fsp3) is 0.0588. The Morgan fingerprint density at radius 2 is 1.90 bits per heavy atom. The molecule has 21 heavy (non-hydrogen) atoms. The van der Waals surface area contributed by atoms with Gasteiger partial charge >= 0.3 is 5.97 Å². The summed E-state index contributed by atoms with van der Waals surface area (Å²) in [7, 11) is 0. The molecule has 0 fully saturated rings. The minimum atomic E-state index is -0.950. The van der Waals surface area contributed by atoms with Crippen LogP contribution in [0, 0.1) is 6.92 Å². The van der Waals surface area contributed by atoms with Crippen LogP contribution in [0.2, 0.25) is 0 Å². The van der Waals surface area contributed by atoms with Crippen molar-refractivity contribution < 1.29 is 9.90 Å². The van der Waals surface area contributed by atoms with Crippen molar-refractivity contribution in [3.63, 3.8) is 0 Å². The number of aromatic nitrogens is 1. The van der Waals surface area contributed by atoms with Gasteiger partial charge in [-0.25, -0.2) is 9.78 Å². The molecule has 0 aliphatic carbocycles. The normalized spacial score (nSPS) is 10.8. The molecule has 0 atom stereocenters. The first-order chi connectivity index (χ1) is 10.1. The van der Waals surface area contributed by atoms with E-state index in [9.17, 15) is 9.90 Å². The number of pyridine rings is 1. The van der Waals surface area contributed by atoms with Crippen molar-refractivity contribution in [1.82, 2.24) is 4.98 Å². The largest absolute Gasteiger partial charge is 0.478 e. The quantitative estimate of drug-likeness (QED) is 0.736. The highest BCUT2D eigenvalue weighted by Crippen LogP contribution is 2.29. The van der Waals surface area contributed by atoms with Gasteiger partial charge in [0.15, 0.2) is 0 Å². The monoisotopic (exact) mass is 341 g/mol. The molecule has 0 spiro atoms. The maximum atomic E-state index is 11.5. The topological polar surface area (TPSA) is 50.2 Å². The molecule has 3 rings (SSSR count). The highest BCUT2D eigenvalue weighted by molar-refractivity contribution is 9.10. The third kappa shape index (κ3) is 2.54. The zero-order valence-electron chi connectivity index (χ0n) is 11.3. The van der Waals surface area contributed by atoms with Crippen LogP contribution in [0.1, 0.15) is 15.9 Å². The number of hydrogen-bond donors (Lipinski definition) is 1. The summed E-state index contributed by atoms with van der Waals surface area (Å²) in [6.07, 6.45) is 0. The number of carbonyl (C=O) groups is 1. The van der Waals surface area contributed by atoms with E-state index in [1.54, 1.807) is 12.1 Å². The minimum absolute atomic E-state index is 0.262. The van der Waals surface area contributed by atoms with Crippen LogP contribution in [0.15, 0.2) is 53.0 Å². The predicted octanol–water partition coefficient (Wildman–Crippen LogP) is 4.67. The van der Waals surface area contributed by atoms with E-state index in [4.69, 9.17) is 0 Å². The standard InChI is InChI=1S/C17H12BrNO2/c1-10-4-2-5-11(8-10)15-9-13(17(20)21)12-6-3-7-14(18)16(12)19-15/h2-9H,1H3,(H,20,21). The average Bonchev–Trinajstić information content (AvgIpc) is 2.46. The molecular weight excluding hydrogens is 330 g/mol. The fourth-order valence-corrected chi connectivity index (χ4v) is 2.80. The van der Waals surface area contributed by atoms with Crippen LogP contribution in [0.3, 0.4) is 0 Å². The number of halogens is 1. The van der Waals surface area contributed by atoms with Gasteiger partial charge in [0.05, 0.1) is 16.8 Å². The van der Waals surface area contributed by atoms with E-state index in [-0.39, 0.29) is 5.56 Å².